The van der Waals surface area contributed by atoms with E-state index in [1.807, 2.05) is 11.0 Å². The number of piperazine rings is 1. The molecule has 1 aliphatic rings. The van der Waals surface area contributed by atoms with Gasteiger partial charge < -0.3 is 20.2 Å². The first-order valence-electron chi connectivity index (χ1n) is 10.4. The van der Waals surface area contributed by atoms with Crippen molar-refractivity contribution in [1.29, 1.82) is 0 Å². The van der Waals surface area contributed by atoms with Gasteiger partial charge in [0.2, 0.25) is 0 Å². The number of hydrogen-bond donors (Lipinski definition) is 2. The van der Waals surface area contributed by atoms with Gasteiger partial charge in [-0.2, -0.15) is 18.3 Å². The molecule has 11 heteroatoms. The summed E-state index contributed by atoms with van der Waals surface area (Å²) < 4.78 is 40.0. The zero-order chi connectivity index (χ0) is 23.8. The van der Waals surface area contributed by atoms with E-state index in [9.17, 15) is 18.0 Å². The van der Waals surface area contributed by atoms with Gasteiger partial charge in [0.05, 0.1) is 17.8 Å². The minimum absolute atomic E-state index is 0.164. The zero-order valence-electron chi connectivity index (χ0n) is 18.1. The van der Waals surface area contributed by atoms with Gasteiger partial charge in [-0.3, -0.25) is 0 Å². The van der Waals surface area contributed by atoms with E-state index in [1.54, 1.807) is 25.4 Å². The van der Waals surface area contributed by atoms with Gasteiger partial charge in [0, 0.05) is 43.1 Å². The van der Waals surface area contributed by atoms with Crippen LogP contribution in [0.2, 0.25) is 0 Å². The highest BCUT2D eigenvalue weighted by molar-refractivity contribution is 5.92. The number of pyridine rings is 1. The summed E-state index contributed by atoms with van der Waals surface area (Å²) in [7, 11) is 0. The lowest BCUT2D eigenvalue weighted by Crippen LogP contribution is -2.48. The third-order valence-corrected chi connectivity index (χ3v) is 5.91. The molecule has 1 fully saturated rings. The van der Waals surface area contributed by atoms with Crippen molar-refractivity contribution >= 4 is 28.5 Å². The fraction of sp³-hybridized carbons (Fsp3) is 0.364. The van der Waals surface area contributed by atoms with Crippen LogP contribution in [0, 0.1) is 6.92 Å². The quantitative estimate of drug-likeness (QED) is 0.599. The third kappa shape index (κ3) is 4.62. The normalized spacial score (nSPS) is 15.5. The van der Waals surface area contributed by atoms with Gasteiger partial charge in [0.1, 0.15) is 5.82 Å². The first kappa shape index (κ1) is 22.6. The number of rotatable bonds is 4. The number of carboxylic acid groups (broad SMARTS) is 1. The number of carbonyl (C=O) groups is 1. The Labute approximate surface area is 188 Å². The van der Waals surface area contributed by atoms with Crippen LogP contribution in [0.5, 0.6) is 0 Å². The summed E-state index contributed by atoms with van der Waals surface area (Å²) in [4.78, 5) is 19.0. The summed E-state index contributed by atoms with van der Waals surface area (Å²) in [5, 5.41) is 22.0. The summed E-state index contributed by atoms with van der Waals surface area (Å²) in [5.74, 6) is 1.11. The molecule has 1 unspecified atom stereocenters. The van der Waals surface area contributed by atoms with Gasteiger partial charge in [0.15, 0.2) is 5.82 Å². The number of halogens is 3. The van der Waals surface area contributed by atoms with Gasteiger partial charge in [-0.15, -0.1) is 5.10 Å². The number of nitrogens with zero attached hydrogens (tertiary/aromatic N) is 5. The topological polar surface area (TPSA) is 94.5 Å². The second kappa shape index (κ2) is 8.72. The van der Waals surface area contributed by atoms with Crippen LogP contribution in [-0.2, 0) is 6.18 Å². The lowest BCUT2D eigenvalue weighted by Gasteiger charge is -2.33. The second-order valence-corrected chi connectivity index (χ2v) is 7.96. The molecule has 0 bridgehead atoms. The molecule has 33 heavy (non-hydrogen) atoms. The molecular formula is C22H23F3N6O2. The third-order valence-electron chi connectivity index (χ3n) is 5.91. The Morgan fingerprint density at radius 3 is 2.58 bits per heavy atom. The highest BCUT2D eigenvalue weighted by atomic mass is 19.4. The van der Waals surface area contributed by atoms with Crippen molar-refractivity contribution in [3.8, 4) is 0 Å². The molecular weight excluding hydrogens is 437 g/mol. The molecule has 0 aliphatic carbocycles. The minimum Gasteiger partial charge on any atom is -0.465 e. The SMILES string of the molecule is Cc1c(C(C)Nc2nncc3cnc(N4CCN(C(=O)O)CC4)cc23)cccc1C(F)(F)F. The van der Waals surface area contributed by atoms with Crippen molar-refractivity contribution < 1.29 is 23.1 Å². The standard InChI is InChI=1S/C22H23F3N6O2/c1-13-16(4-3-5-18(13)22(23,24)25)14(2)28-20-17-10-19(26-11-15(17)12-27-29-20)30-6-8-31(9-7-30)21(32)33/h3-5,10-12,14H,6-9H2,1-2H3,(H,28,29)(H,32,33). The molecule has 1 aromatic carbocycles. The summed E-state index contributed by atoms with van der Waals surface area (Å²) in [5.41, 5.74) is 0.0178. The largest absolute Gasteiger partial charge is 0.465 e. The Bertz CT molecular complexity index is 1180. The Kier molecular flexibility index (Phi) is 5.96. The monoisotopic (exact) mass is 460 g/mol. The van der Waals surface area contributed by atoms with Gasteiger partial charge >= 0.3 is 12.3 Å². The van der Waals surface area contributed by atoms with E-state index in [0.717, 1.165) is 16.8 Å². The molecule has 0 saturated carbocycles. The summed E-state index contributed by atoms with van der Waals surface area (Å²) in [6.45, 7) is 5.00. The van der Waals surface area contributed by atoms with Crippen LogP contribution in [0.15, 0.2) is 36.7 Å². The van der Waals surface area contributed by atoms with Crippen molar-refractivity contribution in [2.24, 2.45) is 0 Å². The number of benzene rings is 1. The smallest absolute Gasteiger partial charge is 0.416 e. The lowest BCUT2D eigenvalue weighted by molar-refractivity contribution is -0.138. The van der Waals surface area contributed by atoms with Crippen LogP contribution < -0.4 is 10.2 Å². The van der Waals surface area contributed by atoms with Crippen LogP contribution in [0.4, 0.5) is 29.6 Å². The van der Waals surface area contributed by atoms with Gasteiger partial charge in [0.25, 0.3) is 0 Å². The Morgan fingerprint density at radius 1 is 1.18 bits per heavy atom. The average Bonchev–Trinajstić information content (AvgIpc) is 2.78. The van der Waals surface area contributed by atoms with Gasteiger partial charge in [-0.25, -0.2) is 9.78 Å². The molecule has 2 N–H and O–H groups in total. The van der Waals surface area contributed by atoms with Gasteiger partial charge in [-0.05, 0) is 37.1 Å². The number of alkyl halides is 3. The minimum atomic E-state index is -4.43. The molecule has 1 amide bonds. The van der Waals surface area contributed by atoms with Crippen LogP contribution in [0.3, 0.4) is 0 Å². The van der Waals surface area contributed by atoms with E-state index < -0.39 is 23.9 Å². The maximum Gasteiger partial charge on any atom is 0.416 e. The maximum absolute atomic E-state index is 13.3. The predicted molar refractivity (Wildman–Crippen MR) is 117 cm³/mol. The van der Waals surface area contributed by atoms with Crippen molar-refractivity contribution in [2.75, 3.05) is 36.4 Å². The molecule has 1 atom stereocenters. The van der Waals surface area contributed by atoms with Crippen LogP contribution >= 0.6 is 0 Å². The highest BCUT2D eigenvalue weighted by Crippen LogP contribution is 2.35. The van der Waals surface area contributed by atoms with Crippen LogP contribution in [0.25, 0.3) is 10.8 Å². The first-order valence-corrected chi connectivity index (χ1v) is 10.4. The number of anilines is 2. The number of hydrogen-bond acceptors (Lipinski definition) is 6. The maximum atomic E-state index is 13.3. The molecule has 0 radical (unpaired) electrons. The molecule has 2 aromatic heterocycles. The number of nitrogens with one attached hydrogen (secondary N) is 1. The Morgan fingerprint density at radius 2 is 1.91 bits per heavy atom. The highest BCUT2D eigenvalue weighted by Gasteiger charge is 2.33. The van der Waals surface area contributed by atoms with E-state index in [-0.39, 0.29) is 5.56 Å². The predicted octanol–water partition coefficient (Wildman–Crippen LogP) is 4.33. The van der Waals surface area contributed by atoms with Crippen LogP contribution in [0.1, 0.15) is 29.7 Å². The van der Waals surface area contributed by atoms with E-state index in [2.05, 4.69) is 20.5 Å². The van der Waals surface area contributed by atoms with E-state index >= 15 is 0 Å². The molecule has 1 aliphatic heterocycles. The average molecular weight is 460 g/mol. The van der Waals surface area contributed by atoms with Gasteiger partial charge in [-0.1, -0.05) is 12.1 Å². The summed E-state index contributed by atoms with van der Waals surface area (Å²) in [6.07, 6.45) is -2.14. The van der Waals surface area contributed by atoms with E-state index in [1.165, 1.54) is 17.9 Å². The van der Waals surface area contributed by atoms with E-state index in [4.69, 9.17) is 5.11 Å². The van der Waals surface area contributed by atoms with Crippen molar-refractivity contribution in [1.82, 2.24) is 20.1 Å². The summed E-state index contributed by atoms with van der Waals surface area (Å²) in [6, 6.07) is 5.52. The molecule has 3 heterocycles. The van der Waals surface area contributed by atoms with Crippen molar-refractivity contribution in [3.05, 3.63) is 53.3 Å². The molecule has 3 aromatic rings. The van der Waals surface area contributed by atoms with Crippen molar-refractivity contribution in [2.45, 2.75) is 26.1 Å². The molecule has 174 valence electrons. The number of aromatic nitrogens is 3. The fourth-order valence-electron chi connectivity index (χ4n) is 4.08. The Balaban J connectivity index is 1.61. The first-order chi connectivity index (χ1) is 15.6. The molecule has 4 rings (SSSR count). The zero-order valence-corrected chi connectivity index (χ0v) is 18.1. The molecule has 1 saturated heterocycles. The second-order valence-electron chi connectivity index (χ2n) is 7.96. The van der Waals surface area contributed by atoms with Crippen LogP contribution in [-0.4, -0.2) is 57.5 Å². The van der Waals surface area contributed by atoms with Crippen molar-refractivity contribution in [3.63, 3.8) is 0 Å². The number of amides is 1. The molecule has 8 nitrogen and oxygen atoms in total. The number of fused-ring (bicyclic) bond motifs is 1. The summed E-state index contributed by atoms with van der Waals surface area (Å²) >= 11 is 0. The van der Waals surface area contributed by atoms with E-state index in [0.29, 0.717) is 43.4 Å². The molecule has 0 spiro atoms. The Hall–Kier alpha value is -3.63. The lowest BCUT2D eigenvalue weighted by atomic mass is 9.97. The fourth-order valence-corrected chi connectivity index (χ4v) is 4.08.